The summed E-state index contributed by atoms with van der Waals surface area (Å²) < 4.78 is 5.41. The maximum Gasteiger partial charge on any atom is 0.137 e. The highest BCUT2D eigenvalue weighted by molar-refractivity contribution is 6.32. The van der Waals surface area contributed by atoms with E-state index in [1.54, 1.807) is 0 Å². The molecule has 0 saturated heterocycles. The average molecular weight is 240 g/mol. The smallest absolute Gasteiger partial charge is 0.137 e. The quantitative estimate of drug-likeness (QED) is 0.877. The lowest BCUT2D eigenvalue weighted by Gasteiger charge is -2.24. The van der Waals surface area contributed by atoms with Gasteiger partial charge in [-0.15, -0.1) is 0 Å². The molecule has 0 heterocycles. The van der Waals surface area contributed by atoms with Gasteiger partial charge in [0, 0.05) is 5.54 Å². The fraction of sp³-hybridized carbons (Fsp3) is 0.538. The van der Waals surface area contributed by atoms with Crippen molar-refractivity contribution < 1.29 is 4.74 Å². The molecule has 1 aliphatic rings. The van der Waals surface area contributed by atoms with Crippen molar-refractivity contribution in [2.45, 2.75) is 38.1 Å². The molecule has 1 aromatic carbocycles. The van der Waals surface area contributed by atoms with Gasteiger partial charge in [-0.3, -0.25) is 0 Å². The molecule has 2 rings (SSSR count). The molecule has 1 aliphatic carbocycles. The van der Waals surface area contributed by atoms with E-state index in [2.05, 4.69) is 0 Å². The Morgan fingerprint density at radius 1 is 1.38 bits per heavy atom. The topological polar surface area (TPSA) is 35.2 Å². The van der Waals surface area contributed by atoms with Gasteiger partial charge < -0.3 is 10.5 Å². The van der Waals surface area contributed by atoms with Crippen LogP contribution in [0, 0.1) is 0 Å². The largest absolute Gasteiger partial charge is 0.492 e. The molecule has 0 aliphatic heterocycles. The van der Waals surface area contributed by atoms with Crippen LogP contribution in [0.5, 0.6) is 5.75 Å². The molecular weight excluding hydrogens is 222 g/mol. The molecule has 3 heteroatoms. The molecule has 2 nitrogen and oxygen atoms in total. The second kappa shape index (κ2) is 4.64. The maximum atomic E-state index is 6.37. The van der Waals surface area contributed by atoms with Gasteiger partial charge in [0.15, 0.2) is 0 Å². The fourth-order valence-electron chi connectivity index (χ4n) is 2.38. The average Bonchev–Trinajstić information content (AvgIpc) is 2.70. The van der Waals surface area contributed by atoms with Gasteiger partial charge in [0.1, 0.15) is 5.75 Å². The summed E-state index contributed by atoms with van der Waals surface area (Å²) in [6, 6.07) is 5.92. The molecule has 1 aromatic rings. The Labute approximate surface area is 102 Å². The normalized spacial score (nSPS) is 18.7. The second-order valence-electron chi connectivity index (χ2n) is 4.44. The summed E-state index contributed by atoms with van der Waals surface area (Å²) in [5, 5.41) is 0.663. The van der Waals surface area contributed by atoms with E-state index in [4.69, 9.17) is 22.1 Å². The molecule has 16 heavy (non-hydrogen) atoms. The predicted molar refractivity (Wildman–Crippen MR) is 67.0 cm³/mol. The van der Waals surface area contributed by atoms with Crippen LogP contribution in [0.3, 0.4) is 0 Å². The molecule has 0 aromatic heterocycles. The van der Waals surface area contributed by atoms with Crippen molar-refractivity contribution in [2.75, 3.05) is 6.61 Å². The minimum absolute atomic E-state index is 0.172. The van der Waals surface area contributed by atoms with Gasteiger partial charge in [0.2, 0.25) is 0 Å². The van der Waals surface area contributed by atoms with Gasteiger partial charge in [-0.05, 0) is 37.5 Å². The molecule has 2 N–H and O–H groups in total. The SMILES string of the molecule is CCOc1ccc(C2(N)CCCC2)cc1Cl. The van der Waals surface area contributed by atoms with Crippen molar-refractivity contribution in [1.29, 1.82) is 0 Å². The van der Waals surface area contributed by atoms with Crippen LogP contribution in [0.25, 0.3) is 0 Å². The van der Waals surface area contributed by atoms with Gasteiger partial charge in [0.05, 0.1) is 11.6 Å². The highest BCUT2D eigenvalue weighted by Gasteiger charge is 2.31. The second-order valence-corrected chi connectivity index (χ2v) is 4.85. The van der Waals surface area contributed by atoms with E-state index in [1.807, 2.05) is 25.1 Å². The first-order chi connectivity index (χ1) is 7.65. The summed E-state index contributed by atoms with van der Waals surface area (Å²) in [5.41, 5.74) is 7.34. The van der Waals surface area contributed by atoms with Crippen molar-refractivity contribution in [3.8, 4) is 5.75 Å². The summed E-state index contributed by atoms with van der Waals surface area (Å²) in [4.78, 5) is 0. The Kier molecular flexibility index (Phi) is 3.41. The zero-order valence-corrected chi connectivity index (χ0v) is 10.4. The van der Waals surface area contributed by atoms with Crippen LogP contribution < -0.4 is 10.5 Å². The molecule has 0 unspecified atom stereocenters. The monoisotopic (exact) mass is 239 g/mol. The predicted octanol–water partition coefficient (Wildman–Crippen LogP) is 3.47. The van der Waals surface area contributed by atoms with Crippen LogP contribution in [0.15, 0.2) is 18.2 Å². The molecule has 0 amide bonds. The molecule has 0 radical (unpaired) electrons. The lowest BCUT2D eigenvalue weighted by molar-refractivity contribution is 0.340. The third-order valence-corrected chi connectivity index (χ3v) is 3.60. The van der Waals surface area contributed by atoms with Gasteiger partial charge >= 0.3 is 0 Å². The van der Waals surface area contributed by atoms with Crippen molar-refractivity contribution in [3.63, 3.8) is 0 Å². The number of hydrogen-bond donors (Lipinski definition) is 1. The van der Waals surface area contributed by atoms with Gasteiger partial charge in [-0.2, -0.15) is 0 Å². The van der Waals surface area contributed by atoms with E-state index < -0.39 is 0 Å². The highest BCUT2D eigenvalue weighted by atomic mass is 35.5. The van der Waals surface area contributed by atoms with Gasteiger partial charge in [-0.1, -0.05) is 30.5 Å². The van der Waals surface area contributed by atoms with Gasteiger partial charge in [-0.25, -0.2) is 0 Å². The van der Waals surface area contributed by atoms with Crippen LogP contribution in [0.2, 0.25) is 5.02 Å². The third kappa shape index (κ3) is 2.18. The summed E-state index contributed by atoms with van der Waals surface area (Å²) >= 11 is 6.17. The van der Waals surface area contributed by atoms with Crippen LogP contribution in [0.4, 0.5) is 0 Å². The molecular formula is C13H18ClNO. The minimum Gasteiger partial charge on any atom is -0.492 e. The summed E-state index contributed by atoms with van der Waals surface area (Å²) in [7, 11) is 0. The highest BCUT2D eigenvalue weighted by Crippen LogP contribution is 2.38. The Balaban J connectivity index is 2.26. The number of nitrogens with two attached hydrogens (primary N) is 1. The first-order valence-electron chi connectivity index (χ1n) is 5.87. The number of rotatable bonds is 3. The summed E-state index contributed by atoms with van der Waals surface area (Å²) in [5.74, 6) is 0.745. The molecule has 1 fully saturated rings. The van der Waals surface area contributed by atoms with E-state index in [0.29, 0.717) is 11.6 Å². The summed E-state index contributed by atoms with van der Waals surface area (Å²) in [6.45, 7) is 2.58. The molecule has 1 saturated carbocycles. The number of hydrogen-bond acceptors (Lipinski definition) is 2. The van der Waals surface area contributed by atoms with Crippen LogP contribution >= 0.6 is 11.6 Å². The standard InChI is InChI=1S/C13H18ClNO/c1-2-16-12-6-5-10(9-11(12)14)13(15)7-3-4-8-13/h5-6,9H,2-4,7-8,15H2,1H3. The zero-order chi connectivity index (χ0) is 11.6. The number of benzene rings is 1. The Morgan fingerprint density at radius 2 is 2.06 bits per heavy atom. The number of halogens is 1. The van der Waals surface area contributed by atoms with E-state index in [1.165, 1.54) is 12.8 Å². The van der Waals surface area contributed by atoms with E-state index in [9.17, 15) is 0 Å². The minimum atomic E-state index is -0.172. The van der Waals surface area contributed by atoms with E-state index in [0.717, 1.165) is 24.2 Å². The molecule has 0 spiro atoms. The number of ether oxygens (including phenoxy) is 1. The van der Waals surface area contributed by atoms with E-state index >= 15 is 0 Å². The Bertz CT molecular complexity index is 372. The zero-order valence-electron chi connectivity index (χ0n) is 9.63. The first kappa shape index (κ1) is 11.7. The van der Waals surface area contributed by atoms with Crippen molar-refractivity contribution >= 4 is 11.6 Å². The molecule has 88 valence electrons. The van der Waals surface area contributed by atoms with Crippen LogP contribution in [-0.4, -0.2) is 6.61 Å². The first-order valence-corrected chi connectivity index (χ1v) is 6.25. The van der Waals surface area contributed by atoms with Crippen LogP contribution in [0.1, 0.15) is 38.2 Å². The van der Waals surface area contributed by atoms with Crippen molar-refractivity contribution in [3.05, 3.63) is 28.8 Å². The third-order valence-electron chi connectivity index (χ3n) is 3.30. The van der Waals surface area contributed by atoms with E-state index in [-0.39, 0.29) is 5.54 Å². The fourth-order valence-corrected chi connectivity index (χ4v) is 2.61. The molecule has 0 bridgehead atoms. The maximum absolute atomic E-state index is 6.37. The Hall–Kier alpha value is -0.730. The lowest BCUT2D eigenvalue weighted by Crippen LogP contribution is -2.32. The van der Waals surface area contributed by atoms with Crippen molar-refractivity contribution in [2.24, 2.45) is 5.73 Å². The Morgan fingerprint density at radius 3 is 2.62 bits per heavy atom. The lowest BCUT2D eigenvalue weighted by atomic mass is 9.89. The molecule has 0 atom stereocenters. The van der Waals surface area contributed by atoms with Gasteiger partial charge in [0.25, 0.3) is 0 Å². The summed E-state index contributed by atoms with van der Waals surface area (Å²) in [6.07, 6.45) is 4.53. The van der Waals surface area contributed by atoms with Crippen LogP contribution in [-0.2, 0) is 5.54 Å². The van der Waals surface area contributed by atoms with Crippen molar-refractivity contribution in [1.82, 2.24) is 0 Å².